The fourth-order valence-electron chi connectivity index (χ4n) is 2.51. The highest BCUT2D eigenvalue weighted by Gasteiger charge is 2.31. The van der Waals surface area contributed by atoms with E-state index in [2.05, 4.69) is 10.1 Å². The number of carbonyl (C=O) groups is 1. The third-order valence-electron chi connectivity index (χ3n) is 3.78. The molecule has 29 heavy (non-hydrogen) atoms. The summed E-state index contributed by atoms with van der Waals surface area (Å²) < 4.78 is 73.6. The lowest BCUT2D eigenvalue weighted by atomic mass is 10.1. The summed E-state index contributed by atoms with van der Waals surface area (Å²) in [6.45, 7) is -1.34. The van der Waals surface area contributed by atoms with Crippen molar-refractivity contribution in [1.82, 2.24) is 0 Å². The van der Waals surface area contributed by atoms with Crippen LogP contribution >= 0.6 is 0 Å². The van der Waals surface area contributed by atoms with Crippen LogP contribution in [0.25, 0.3) is 0 Å². The molecule has 1 amide bonds. The molecule has 0 radical (unpaired) electrons. The Morgan fingerprint density at radius 1 is 1.10 bits per heavy atom. The molecule has 0 aromatic heterocycles. The molecule has 0 aliphatic heterocycles. The second-order valence-electron chi connectivity index (χ2n) is 6.05. The summed E-state index contributed by atoms with van der Waals surface area (Å²) in [6, 6.07) is 6.49. The Morgan fingerprint density at radius 2 is 1.79 bits per heavy atom. The van der Waals surface area contributed by atoms with Gasteiger partial charge in [0.15, 0.2) is 11.5 Å². The van der Waals surface area contributed by atoms with E-state index in [1.165, 1.54) is 18.2 Å². The first-order valence-electron chi connectivity index (χ1n) is 8.44. The summed E-state index contributed by atoms with van der Waals surface area (Å²) in [4.78, 5) is 14.1. The number of alkyl halides is 5. The third kappa shape index (κ3) is 5.72. The van der Waals surface area contributed by atoms with Crippen molar-refractivity contribution in [1.29, 1.82) is 0 Å². The second kappa shape index (κ2) is 8.97. The molecule has 5 nitrogen and oxygen atoms in total. The number of nitrogens with zero attached hydrogens (tertiary/aromatic N) is 1. The lowest BCUT2D eigenvalue weighted by molar-refractivity contribution is -0.137. The van der Waals surface area contributed by atoms with Crippen LogP contribution < -0.4 is 19.7 Å². The smallest absolute Gasteiger partial charge is 0.416 e. The normalized spacial score (nSPS) is 11.3. The number of amides is 1. The predicted octanol–water partition coefficient (Wildman–Crippen LogP) is 5.02. The molecule has 2 rings (SSSR count). The number of halogens is 5. The van der Waals surface area contributed by atoms with Crippen LogP contribution in [0.4, 0.5) is 33.3 Å². The van der Waals surface area contributed by atoms with E-state index in [-0.39, 0.29) is 29.4 Å². The van der Waals surface area contributed by atoms with Crippen LogP contribution in [0.1, 0.15) is 22.8 Å². The fourth-order valence-corrected chi connectivity index (χ4v) is 2.51. The molecule has 0 saturated heterocycles. The first kappa shape index (κ1) is 22.3. The molecule has 0 unspecified atom stereocenters. The number of rotatable bonds is 7. The molecule has 0 heterocycles. The number of ether oxygens (including phenoxy) is 2. The van der Waals surface area contributed by atoms with Crippen LogP contribution in [-0.2, 0) is 6.18 Å². The van der Waals surface area contributed by atoms with Gasteiger partial charge in [0, 0.05) is 19.7 Å². The van der Waals surface area contributed by atoms with Crippen LogP contribution in [0, 0.1) is 0 Å². The minimum absolute atomic E-state index is 0.00261. The van der Waals surface area contributed by atoms with Crippen molar-refractivity contribution in [2.24, 2.45) is 0 Å². The lowest BCUT2D eigenvalue weighted by Crippen LogP contribution is -2.18. The quantitative estimate of drug-likeness (QED) is 0.642. The number of nitrogens with one attached hydrogen (secondary N) is 1. The number of carbonyl (C=O) groups excluding carboxylic acids is 1. The largest absolute Gasteiger partial charge is 0.490 e. The second-order valence-corrected chi connectivity index (χ2v) is 6.05. The monoisotopic (exact) mass is 418 g/mol. The molecule has 0 bridgehead atoms. The van der Waals surface area contributed by atoms with E-state index < -0.39 is 24.3 Å². The summed E-state index contributed by atoms with van der Waals surface area (Å²) in [6.07, 6.45) is -4.58. The van der Waals surface area contributed by atoms with Crippen molar-refractivity contribution >= 4 is 17.3 Å². The van der Waals surface area contributed by atoms with E-state index in [0.29, 0.717) is 5.69 Å². The maximum Gasteiger partial charge on any atom is 0.416 e. The average molecular weight is 418 g/mol. The Labute approximate surface area is 164 Å². The van der Waals surface area contributed by atoms with Gasteiger partial charge in [-0.1, -0.05) is 0 Å². The van der Waals surface area contributed by atoms with Gasteiger partial charge in [-0.3, -0.25) is 4.79 Å². The van der Waals surface area contributed by atoms with E-state index in [1.54, 1.807) is 25.9 Å². The molecule has 0 saturated carbocycles. The Bertz CT molecular complexity index is 869. The van der Waals surface area contributed by atoms with Gasteiger partial charge in [0.2, 0.25) is 0 Å². The number of benzene rings is 2. The summed E-state index contributed by atoms with van der Waals surface area (Å²) in [7, 11) is 3.23. The van der Waals surface area contributed by atoms with Gasteiger partial charge in [0.1, 0.15) is 0 Å². The van der Waals surface area contributed by atoms with Gasteiger partial charge >= 0.3 is 12.8 Å². The van der Waals surface area contributed by atoms with Crippen LogP contribution in [0.5, 0.6) is 11.5 Å². The lowest BCUT2D eigenvalue weighted by Gasteiger charge is -2.20. The topological polar surface area (TPSA) is 50.8 Å². The van der Waals surface area contributed by atoms with E-state index in [9.17, 15) is 26.7 Å². The first-order valence-corrected chi connectivity index (χ1v) is 8.44. The summed E-state index contributed by atoms with van der Waals surface area (Å²) in [5.41, 5.74) is -0.624. The maximum atomic E-state index is 13.0. The molecular weight excluding hydrogens is 399 g/mol. The number of anilines is 2. The third-order valence-corrected chi connectivity index (χ3v) is 3.78. The van der Waals surface area contributed by atoms with Crippen molar-refractivity contribution in [2.75, 3.05) is 30.9 Å². The molecule has 1 N–H and O–H groups in total. The average Bonchev–Trinajstić information content (AvgIpc) is 2.61. The number of hydrogen-bond acceptors (Lipinski definition) is 4. The molecule has 0 aliphatic rings. The summed E-state index contributed by atoms with van der Waals surface area (Å²) in [5.74, 6) is -1.08. The van der Waals surface area contributed by atoms with Crippen molar-refractivity contribution < 1.29 is 36.2 Å². The van der Waals surface area contributed by atoms with E-state index in [1.807, 2.05) is 0 Å². The Hall–Kier alpha value is -3.04. The minimum atomic E-state index is -4.58. The van der Waals surface area contributed by atoms with Crippen LogP contribution in [-0.4, -0.2) is 33.2 Å². The van der Waals surface area contributed by atoms with Crippen molar-refractivity contribution in [3.05, 3.63) is 47.5 Å². The van der Waals surface area contributed by atoms with E-state index in [0.717, 1.165) is 18.2 Å². The Kier molecular flexibility index (Phi) is 6.89. The zero-order valence-corrected chi connectivity index (χ0v) is 15.8. The molecule has 2 aromatic carbocycles. The molecular formula is C19H19F5N2O3. The van der Waals surface area contributed by atoms with Crippen molar-refractivity contribution in [2.45, 2.75) is 19.7 Å². The molecule has 0 aliphatic carbocycles. The van der Waals surface area contributed by atoms with E-state index >= 15 is 0 Å². The predicted molar refractivity (Wildman–Crippen MR) is 98.0 cm³/mol. The molecule has 10 heteroatoms. The van der Waals surface area contributed by atoms with Gasteiger partial charge in [-0.05, 0) is 43.3 Å². The molecule has 0 spiro atoms. The molecule has 2 aromatic rings. The summed E-state index contributed by atoms with van der Waals surface area (Å²) >= 11 is 0. The standard InChI is InChI=1S/C19H19F5N2O3/c1-4-28-16-9-11(5-8-15(16)29-18(20)21)17(27)25-13-10-12(19(22,23)24)6-7-14(13)26(2)3/h5-10,18H,4H2,1-3H3,(H,25,27). The zero-order chi connectivity index (χ0) is 21.8. The SMILES string of the molecule is CCOc1cc(C(=O)Nc2cc(C(F)(F)F)ccc2N(C)C)ccc1OC(F)F. The highest BCUT2D eigenvalue weighted by Crippen LogP contribution is 2.35. The molecule has 0 fully saturated rings. The van der Waals surface area contributed by atoms with Crippen molar-refractivity contribution in [3.8, 4) is 11.5 Å². The fraction of sp³-hybridized carbons (Fsp3) is 0.316. The van der Waals surface area contributed by atoms with Crippen LogP contribution in [0.3, 0.4) is 0 Å². The van der Waals surface area contributed by atoms with Gasteiger partial charge in [0.25, 0.3) is 5.91 Å². The first-order chi connectivity index (χ1) is 13.5. The highest BCUT2D eigenvalue weighted by atomic mass is 19.4. The Balaban J connectivity index is 2.37. The van der Waals surface area contributed by atoms with Gasteiger partial charge in [-0.2, -0.15) is 22.0 Å². The van der Waals surface area contributed by atoms with E-state index in [4.69, 9.17) is 4.74 Å². The highest BCUT2D eigenvalue weighted by molar-refractivity contribution is 6.06. The zero-order valence-electron chi connectivity index (χ0n) is 15.8. The summed E-state index contributed by atoms with van der Waals surface area (Å²) in [5, 5.41) is 2.43. The van der Waals surface area contributed by atoms with Crippen molar-refractivity contribution in [3.63, 3.8) is 0 Å². The van der Waals surface area contributed by atoms with Gasteiger partial charge < -0.3 is 19.7 Å². The number of hydrogen-bond donors (Lipinski definition) is 1. The molecule has 0 atom stereocenters. The maximum absolute atomic E-state index is 13.0. The van der Waals surface area contributed by atoms with Crippen LogP contribution in [0.15, 0.2) is 36.4 Å². The van der Waals surface area contributed by atoms with Gasteiger partial charge in [-0.15, -0.1) is 0 Å². The molecule has 158 valence electrons. The van der Waals surface area contributed by atoms with Gasteiger partial charge in [-0.25, -0.2) is 0 Å². The van der Waals surface area contributed by atoms with Gasteiger partial charge in [0.05, 0.1) is 23.5 Å². The van der Waals surface area contributed by atoms with Crippen LogP contribution in [0.2, 0.25) is 0 Å². The Morgan fingerprint density at radius 3 is 2.34 bits per heavy atom. The minimum Gasteiger partial charge on any atom is -0.490 e.